The normalized spacial score (nSPS) is 21.1. The van der Waals surface area contributed by atoms with Gasteiger partial charge in [0, 0.05) is 58.6 Å². The van der Waals surface area contributed by atoms with Crippen molar-refractivity contribution in [3.05, 3.63) is 11.8 Å². The van der Waals surface area contributed by atoms with Gasteiger partial charge in [-0.15, -0.1) is 0 Å². The molecule has 0 atom stereocenters. The molecule has 7 nitrogen and oxygen atoms in total. The van der Waals surface area contributed by atoms with Crippen LogP contribution in [0, 0.1) is 11.3 Å². The molecule has 0 radical (unpaired) electrons. The average Bonchev–Trinajstić information content (AvgIpc) is 2.53. The molecule has 114 valence electrons. The number of piperazine rings is 2. The van der Waals surface area contributed by atoms with E-state index in [1.54, 1.807) is 16.0 Å². The number of nitrogens with zero attached hydrogens (tertiary/aromatic N) is 5. The zero-order chi connectivity index (χ0) is 15.2. The van der Waals surface area contributed by atoms with Crippen molar-refractivity contribution in [3.63, 3.8) is 0 Å². The predicted molar refractivity (Wildman–Crippen MR) is 77.0 cm³/mol. The SMILES string of the molecule is CN1CCN(C(=O)/C(C#N)=C\N2CCN(C=O)CC2)CC1. The van der Waals surface area contributed by atoms with E-state index >= 15 is 0 Å². The van der Waals surface area contributed by atoms with Gasteiger partial charge in [-0.2, -0.15) is 5.26 Å². The second-order valence-electron chi connectivity index (χ2n) is 5.43. The third kappa shape index (κ3) is 3.95. The first-order chi connectivity index (χ1) is 10.1. The lowest BCUT2D eigenvalue weighted by Crippen LogP contribution is -2.48. The van der Waals surface area contributed by atoms with Crippen molar-refractivity contribution in [2.45, 2.75) is 0 Å². The Morgan fingerprint density at radius 3 is 2.10 bits per heavy atom. The standard InChI is InChI=1S/C14H21N5O2/c1-16-2-8-19(9-3-16)14(21)13(10-15)11-17-4-6-18(12-20)7-5-17/h11-12H,2-9H2,1H3/b13-11-. The van der Waals surface area contributed by atoms with Crippen LogP contribution < -0.4 is 0 Å². The zero-order valence-electron chi connectivity index (χ0n) is 12.4. The smallest absolute Gasteiger partial charge is 0.266 e. The van der Waals surface area contributed by atoms with Gasteiger partial charge < -0.3 is 19.6 Å². The summed E-state index contributed by atoms with van der Waals surface area (Å²) in [4.78, 5) is 30.5. The van der Waals surface area contributed by atoms with Crippen molar-refractivity contribution >= 4 is 12.3 Å². The van der Waals surface area contributed by atoms with Crippen LogP contribution in [0.2, 0.25) is 0 Å². The average molecular weight is 291 g/mol. The maximum absolute atomic E-state index is 12.4. The van der Waals surface area contributed by atoms with Crippen LogP contribution in [-0.2, 0) is 9.59 Å². The van der Waals surface area contributed by atoms with Gasteiger partial charge in [-0.3, -0.25) is 9.59 Å². The Kier molecular flexibility index (Phi) is 5.17. The van der Waals surface area contributed by atoms with Gasteiger partial charge in [0.1, 0.15) is 11.6 Å². The van der Waals surface area contributed by atoms with Gasteiger partial charge in [0.05, 0.1) is 0 Å². The van der Waals surface area contributed by atoms with Crippen LogP contribution >= 0.6 is 0 Å². The summed E-state index contributed by atoms with van der Waals surface area (Å²) >= 11 is 0. The third-order valence-corrected chi connectivity index (χ3v) is 3.95. The molecule has 21 heavy (non-hydrogen) atoms. The minimum absolute atomic E-state index is 0.180. The Labute approximate surface area is 125 Å². The Morgan fingerprint density at radius 1 is 1.00 bits per heavy atom. The Morgan fingerprint density at radius 2 is 1.57 bits per heavy atom. The number of carbonyl (C=O) groups is 2. The maximum Gasteiger partial charge on any atom is 0.266 e. The fourth-order valence-corrected chi connectivity index (χ4v) is 2.47. The lowest BCUT2D eigenvalue weighted by molar-refractivity contribution is -0.128. The fraction of sp³-hybridized carbons (Fsp3) is 0.643. The first-order valence-corrected chi connectivity index (χ1v) is 7.17. The summed E-state index contributed by atoms with van der Waals surface area (Å²) < 4.78 is 0. The van der Waals surface area contributed by atoms with Crippen molar-refractivity contribution in [2.24, 2.45) is 0 Å². The second kappa shape index (κ2) is 7.09. The van der Waals surface area contributed by atoms with E-state index in [4.69, 9.17) is 0 Å². The second-order valence-corrected chi connectivity index (χ2v) is 5.43. The number of hydrogen-bond donors (Lipinski definition) is 0. The lowest BCUT2D eigenvalue weighted by atomic mass is 10.2. The minimum atomic E-state index is -0.191. The summed E-state index contributed by atoms with van der Waals surface area (Å²) in [5, 5.41) is 9.24. The van der Waals surface area contributed by atoms with Crippen molar-refractivity contribution in [1.82, 2.24) is 19.6 Å². The van der Waals surface area contributed by atoms with Crippen LogP contribution in [0.1, 0.15) is 0 Å². The molecule has 2 rings (SSSR count). The van der Waals surface area contributed by atoms with E-state index in [0.29, 0.717) is 39.3 Å². The van der Waals surface area contributed by atoms with Crippen molar-refractivity contribution in [1.29, 1.82) is 5.26 Å². The molecule has 2 saturated heterocycles. The van der Waals surface area contributed by atoms with Gasteiger partial charge in [0.2, 0.25) is 6.41 Å². The molecule has 0 aromatic heterocycles. The van der Waals surface area contributed by atoms with Crippen LogP contribution in [0.4, 0.5) is 0 Å². The van der Waals surface area contributed by atoms with E-state index in [0.717, 1.165) is 19.5 Å². The molecule has 0 saturated carbocycles. The molecule has 7 heteroatoms. The van der Waals surface area contributed by atoms with Crippen LogP contribution in [-0.4, -0.2) is 91.3 Å². The summed E-state index contributed by atoms with van der Waals surface area (Å²) in [6, 6.07) is 2.01. The number of carbonyl (C=O) groups excluding carboxylic acids is 2. The molecule has 0 aliphatic carbocycles. The first-order valence-electron chi connectivity index (χ1n) is 7.17. The number of rotatable bonds is 3. The van der Waals surface area contributed by atoms with E-state index in [9.17, 15) is 14.9 Å². The Bertz CT molecular complexity index is 454. The molecule has 0 aromatic rings. The topological polar surface area (TPSA) is 70.9 Å². The van der Waals surface area contributed by atoms with E-state index in [-0.39, 0.29) is 11.5 Å². The summed E-state index contributed by atoms with van der Waals surface area (Å²) in [6.07, 6.45) is 2.48. The summed E-state index contributed by atoms with van der Waals surface area (Å²) in [6.45, 7) is 5.55. The molecule has 0 N–H and O–H groups in total. The Hall–Kier alpha value is -2.07. The van der Waals surface area contributed by atoms with Crippen LogP contribution in [0.25, 0.3) is 0 Å². The first kappa shape index (κ1) is 15.3. The fourth-order valence-electron chi connectivity index (χ4n) is 2.47. The molecule has 2 aliphatic rings. The molecular formula is C14H21N5O2. The van der Waals surface area contributed by atoms with Crippen molar-refractivity contribution in [3.8, 4) is 6.07 Å². The van der Waals surface area contributed by atoms with Crippen LogP contribution in [0.15, 0.2) is 11.8 Å². The van der Waals surface area contributed by atoms with Gasteiger partial charge in [0.25, 0.3) is 5.91 Å². The molecule has 2 fully saturated rings. The van der Waals surface area contributed by atoms with Crippen LogP contribution in [0.5, 0.6) is 0 Å². The van der Waals surface area contributed by atoms with E-state index in [2.05, 4.69) is 4.90 Å². The molecule has 0 aromatic carbocycles. The number of hydrogen-bond acceptors (Lipinski definition) is 5. The highest BCUT2D eigenvalue weighted by atomic mass is 16.2. The molecule has 2 heterocycles. The molecule has 0 spiro atoms. The third-order valence-electron chi connectivity index (χ3n) is 3.95. The number of nitriles is 1. The molecule has 0 unspecified atom stereocenters. The van der Waals surface area contributed by atoms with Gasteiger partial charge in [-0.25, -0.2) is 0 Å². The zero-order valence-corrected chi connectivity index (χ0v) is 12.4. The van der Waals surface area contributed by atoms with Crippen LogP contribution in [0.3, 0.4) is 0 Å². The van der Waals surface area contributed by atoms with Crippen molar-refractivity contribution in [2.75, 3.05) is 59.4 Å². The maximum atomic E-state index is 12.4. The summed E-state index contributed by atoms with van der Waals surface area (Å²) in [5.74, 6) is -0.191. The highest BCUT2D eigenvalue weighted by Gasteiger charge is 2.23. The van der Waals surface area contributed by atoms with Gasteiger partial charge >= 0.3 is 0 Å². The highest BCUT2D eigenvalue weighted by Crippen LogP contribution is 2.09. The number of likely N-dealkylation sites (N-methyl/N-ethyl adjacent to an activating group) is 1. The largest absolute Gasteiger partial charge is 0.373 e. The molecular weight excluding hydrogens is 270 g/mol. The van der Waals surface area contributed by atoms with Gasteiger partial charge in [-0.05, 0) is 7.05 Å². The number of amides is 2. The Balaban J connectivity index is 1.96. The monoisotopic (exact) mass is 291 g/mol. The lowest BCUT2D eigenvalue weighted by Gasteiger charge is -2.33. The molecule has 2 amide bonds. The summed E-state index contributed by atoms with van der Waals surface area (Å²) in [5.41, 5.74) is 0.180. The van der Waals surface area contributed by atoms with Gasteiger partial charge in [-0.1, -0.05) is 0 Å². The van der Waals surface area contributed by atoms with E-state index < -0.39 is 0 Å². The molecule has 0 bridgehead atoms. The highest BCUT2D eigenvalue weighted by molar-refractivity contribution is 5.97. The quantitative estimate of drug-likeness (QED) is 0.377. The van der Waals surface area contributed by atoms with E-state index in [1.807, 2.05) is 18.0 Å². The minimum Gasteiger partial charge on any atom is -0.373 e. The van der Waals surface area contributed by atoms with Gasteiger partial charge in [0.15, 0.2) is 0 Å². The summed E-state index contributed by atoms with van der Waals surface area (Å²) in [7, 11) is 2.02. The predicted octanol–water partition coefficient (Wildman–Crippen LogP) is -1.06. The molecule has 2 aliphatic heterocycles. The van der Waals surface area contributed by atoms with E-state index in [1.165, 1.54) is 0 Å². The van der Waals surface area contributed by atoms with Crippen molar-refractivity contribution < 1.29 is 9.59 Å².